The van der Waals surface area contributed by atoms with Crippen molar-refractivity contribution in [3.05, 3.63) is 23.8 Å². The van der Waals surface area contributed by atoms with E-state index in [-0.39, 0.29) is 24.4 Å². The molecule has 0 fully saturated rings. The van der Waals surface area contributed by atoms with Crippen LogP contribution < -0.4 is 0 Å². The number of rotatable bonds is 12. The molecular formula is C21H35BrO4. The molecule has 0 N–H and O–H groups in total. The van der Waals surface area contributed by atoms with Gasteiger partial charge >= 0.3 is 5.97 Å². The smallest absolute Gasteiger partial charge is 0.311 e. The quantitative estimate of drug-likeness (QED) is 0.182. The highest BCUT2D eigenvalue weighted by atomic mass is 79.9. The van der Waals surface area contributed by atoms with Crippen LogP contribution in [0.4, 0.5) is 0 Å². The number of esters is 1. The third-order valence-corrected chi connectivity index (χ3v) is 4.68. The van der Waals surface area contributed by atoms with Crippen molar-refractivity contribution in [1.29, 1.82) is 0 Å². The van der Waals surface area contributed by atoms with Crippen LogP contribution in [0.3, 0.4) is 0 Å². The minimum Gasteiger partial charge on any atom is -0.467 e. The van der Waals surface area contributed by atoms with E-state index in [0.717, 1.165) is 18.2 Å². The minimum absolute atomic E-state index is 0.00669. The number of halogens is 1. The molecule has 0 amide bonds. The van der Waals surface area contributed by atoms with Crippen LogP contribution in [-0.2, 0) is 19.1 Å². The average molecular weight is 431 g/mol. The first kappa shape index (κ1) is 24.9. The number of alkyl halides is 1. The summed E-state index contributed by atoms with van der Waals surface area (Å²) in [5.74, 6) is 0.200. The minimum atomic E-state index is -0.531. The molecule has 0 aromatic rings. The van der Waals surface area contributed by atoms with Crippen LogP contribution in [0.1, 0.15) is 54.4 Å². The zero-order valence-corrected chi connectivity index (χ0v) is 18.7. The van der Waals surface area contributed by atoms with E-state index in [1.54, 1.807) is 0 Å². The molecule has 0 aliphatic carbocycles. The number of hydrogen-bond acceptors (Lipinski definition) is 4. The van der Waals surface area contributed by atoms with Crippen LogP contribution in [-0.4, -0.2) is 31.0 Å². The zero-order chi connectivity index (χ0) is 20.2. The maximum atomic E-state index is 12.2. The lowest BCUT2D eigenvalue weighted by Crippen LogP contribution is -2.32. The largest absolute Gasteiger partial charge is 0.467 e. The lowest BCUT2D eigenvalue weighted by atomic mass is 9.80. The summed E-state index contributed by atoms with van der Waals surface area (Å²) in [6.45, 7) is 13.0. The van der Waals surface area contributed by atoms with Crippen molar-refractivity contribution in [1.82, 2.24) is 0 Å². The molecule has 150 valence electrons. The molecule has 0 heterocycles. The van der Waals surface area contributed by atoms with Gasteiger partial charge in [-0.05, 0) is 53.4 Å². The van der Waals surface area contributed by atoms with E-state index in [2.05, 4.69) is 42.8 Å². The Morgan fingerprint density at radius 2 is 1.85 bits per heavy atom. The van der Waals surface area contributed by atoms with Crippen LogP contribution in [0.25, 0.3) is 0 Å². The first-order valence-electron chi connectivity index (χ1n) is 9.21. The fraction of sp³-hybridized carbons (Fsp3) is 0.714. The van der Waals surface area contributed by atoms with Gasteiger partial charge in [0, 0.05) is 17.2 Å². The van der Waals surface area contributed by atoms with Gasteiger partial charge in [-0.25, -0.2) is 0 Å². The standard InChI is InChI=1S/C21H35BrO4/c1-16(2)9-7-10-17(3)19(14-26-20(24)21(4,5)6)18(11-8-12-22)13-25-15-23/h8-9,11,15,17-19H,7,10,12-14H2,1-6H3/b11-8+/t17-,18+,19+/m1/s1. The molecule has 0 bridgehead atoms. The molecule has 0 unspecified atom stereocenters. The number of carbonyl (C=O) groups is 2. The van der Waals surface area contributed by atoms with Crippen molar-refractivity contribution in [2.24, 2.45) is 23.2 Å². The maximum Gasteiger partial charge on any atom is 0.311 e. The molecule has 5 heteroatoms. The monoisotopic (exact) mass is 430 g/mol. The second-order valence-corrected chi connectivity index (χ2v) is 8.67. The van der Waals surface area contributed by atoms with Gasteiger partial charge in [0.25, 0.3) is 6.47 Å². The first-order chi connectivity index (χ1) is 12.1. The van der Waals surface area contributed by atoms with Crippen LogP contribution in [0.2, 0.25) is 0 Å². The van der Waals surface area contributed by atoms with Crippen molar-refractivity contribution in [3.8, 4) is 0 Å². The van der Waals surface area contributed by atoms with E-state index in [1.165, 1.54) is 5.57 Å². The van der Waals surface area contributed by atoms with E-state index in [4.69, 9.17) is 9.47 Å². The summed E-state index contributed by atoms with van der Waals surface area (Å²) in [7, 11) is 0. The van der Waals surface area contributed by atoms with Gasteiger partial charge in [-0.3, -0.25) is 9.59 Å². The van der Waals surface area contributed by atoms with E-state index in [0.29, 0.717) is 19.0 Å². The maximum absolute atomic E-state index is 12.2. The molecule has 0 radical (unpaired) electrons. The average Bonchev–Trinajstić information content (AvgIpc) is 2.55. The van der Waals surface area contributed by atoms with Crippen molar-refractivity contribution in [2.75, 3.05) is 18.5 Å². The Labute approximate surface area is 167 Å². The molecular weight excluding hydrogens is 396 g/mol. The Morgan fingerprint density at radius 3 is 2.35 bits per heavy atom. The van der Waals surface area contributed by atoms with E-state index >= 15 is 0 Å². The van der Waals surface area contributed by atoms with Gasteiger partial charge in [0.2, 0.25) is 0 Å². The number of allylic oxidation sites excluding steroid dienone is 3. The summed E-state index contributed by atoms with van der Waals surface area (Å²) >= 11 is 3.39. The number of carbonyl (C=O) groups excluding carboxylic acids is 2. The van der Waals surface area contributed by atoms with E-state index in [1.807, 2.05) is 32.9 Å². The third kappa shape index (κ3) is 10.8. The molecule has 0 rings (SSSR count). The predicted molar refractivity (Wildman–Crippen MR) is 110 cm³/mol. The Balaban J connectivity index is 5.24. The number of hydrogen-bond donors (Lipinski definition) is 0. The molecule has 0 saturated carbocycles. The first-order valence-corrected chi connectivity index (χ1v) is 10.3. The highest BCUT2D eigenvalue weighted by molar-refractivity contribution is 9.09. The second-order valence-electron chi connectivity index (χ2n) is 8.02. The molecule has 4 nitrogen and oxygen atoms in total. The molecule has 0 aromatic carbocycles. The van der Waals surface area contributed by atoms with Gasteiger partial charge in [-0.15, -0.1) is 0 Å². The van der Waals surface area contributed by atoms with Crippen LogP contribution >= 0.6 is 15.9 Å². The summed E-state index contributed by atoms with van der Waals surface area (Å²) in [5, 5.41) is 0.727. The molecule has 3 atom stereocenters. The normalized spacial score (nSPS) is 15.2. The summed E-state index contributed by atoms with van der Waals surface area (Å²) in [6, 6.07) is 0. The zero-order valence-electron chi connectivity index (χ0n) is 17.1. The molecule has 0 aliphatic rings. The van der Waals surface area contributed by atoms with Crippen molar-refractivity contribution >= 4 is 28.4 Å². The lowest BCUT2D eigenvalue weighted by molar-refractivity contribution is -0.156. The third-order valence-electron chi connectivity index (χ3n) is 4.30. The summed E-state index contributed by atoms with van der Waals surface area (Å²) in [6.07, 6.45) is 8.24. The highest BCUT2D eigenvalue weighted by Crippen LogP contribution is 2.29. The lowest BCUT2D eigenvalue weighted by Gasteiger charge is -2.30. The highest BCUT2D eigenvalue weighted by Gasteiger charge is 2.29. The van der Waals surface area contributed by atoms with Crippen LogP contribution in [0, 0.1) is 23.2 Å². The van der Waals surface area contributed by atoms with Crippen molar-refractivity contribution in [3.63, 3.8) is 0 Å². The fourth-order valence-corrected chi connectivity index (χ4v) is 2.86. The van der Waals surface area contributed by atoms with Gasteiger partial charge in [0.1, 0.15) is 0 Å². The summed E-state index contributed by atoms with van der Waals surface area (Å²) in [4.78, 5) is 22.9. The van der Waals surface area contributed by atoms with E-state index < -0.39 is 5.41 Å². The Morgan fingerprint density at radius 1 is 1.19 bits per heavy atom. The SMILES string of the molecule is CC(C)=CCC[C@@H](C)[C@H](COC(=O)C(C)(C)C)[C@@H](/C=C/CBr)COC=O. The predicted octanol–water partition coefficient (Wildman–Crippen LogP) is 5.31. The summed E-state index contributed by atoms with van der Waals surface area (Å²) < 4.78 is 10.7. The second kappa shape index (κ2) is 13.1. The Hall–Kier alpha value is -1.10. The molecule has 0 aliphatic heterocycles. The molecule has 0 saturated heterocycles. The van der Waals surface area contributed by atoms with Gasteiger partial charge in [-0.1, -0.05) is 46.7 Å². The van der Waals surface area contributed by atoms with E-state index in [9.17, 15) is 9.59 Å². The van der Waals surface area contributed by atoms with Crippen molar-refractivity contribution < 1.29 is 19.1 Å². The van der Waals surface area contributed by atoms with Gasteiger partial charge < -0.3 is 9.47 Å². The van der Waals surface area contributed by atoms with Crippen molar-refractivity contribution in [2.45, 2.75) is 54.4 Å². The number of ether oxygens (including phenoxy) is 2. The van der Waals surface area contributed by atoms with Gasteiger partial charge in [-0.2, -0.15) is 0 Å². The van der Waals surface area contributed by atoms with Gasteiger partial charge in [0.15, 0.2) is 0 Å². The Bertz CT molecular complexity index is 473. The Kier molecular flexibility index (Phi) is 12.6. The van der Waals surface area contributed by atoms with Gasteiger partial charge in [0.05, 0.1) is 18.6 Å². The molecule has 0 aromatic heterocycles. The van der Waals surface area contributed by atoms with Crippen LogP contribution in [0.5, 0.6) is 0 Å². The topological polar surface area (TPSA) is 52.6 Å². The van der Waals surface area contributed by atoms with Crippen LogP contribution in [0.15, 0.2) is 23.8 Å². The molecule has 0 spiro atoms. The molecule has 26 heavy (non-hydrogen) atoms. The summed E-state index contributed by atoms with van der Waals surface area (Å²) in [5.41, 5.74) is 0.768. The fourth-order valence-electron chi connectivity index (χ4n) is 2.65.